The topological polar surface area (TPSA) is 72.6 Å². The molecule has 116 valence electrons. The molecule has 4 rings (SSSR count). The van der Waals surface area contributed by atoms with Crippen LogP contribution in [0.25, 0.3) is 11.4 Å². The van der Waals surface area contributed by atoms with Crippen molar-refractivity contribution in [2.75, 3.05) is 6.54 Å². The molecule has 7 nitrogen and oxygen atoms in total. The number of fused-ring (bicyclic) bond motifs is 1. The van der Waals surface area contributed by atoms with E-state index in [-0.39, 0.29) is 0 Å². The van der Waals surface area contributed by atoms with Gasteiger partial charge >= 0.3 is 0 Å². The van der Waals surface area contributed by atoms with Gasteiger partial charge in [-0.25, -0.2) is 19.9 Å². The summed E-state index contributed by atoms with van der Waals surface area (Å²) in [6.07, 6.45) is 9.82. The molecule has 0 aliphatic carbocycles. The normalized spacial score (nSPS) is 14.7. The SMILES string of the molecule is Cn1ccc(CN2CCc3nc(-c4cncnc4)ncc3C2)n1. The number of rotatable bonds is 3. The van der Waals surface area contributed by atoms with Crippen LogP contribution >= 0.6 is 0 Å². The Bertz CT molecular complexity index is 812. The summed E-state index contributed by atoms with van der Waals surface area (Å²) in [7, 11) is 1.94. The lowest BCUT2D eigenvalue weighted by molar-refractivity contribution is 0.239. The number of hydrogen-bond donors (Lipinski definition) is 0. The van der Waals surface area contributed by atoms with E-state index in [2.05, 4.69) is 31.0 Å². The Morgan fingerprint density at radius 2 is 2.04 bits per heavy atom. The Kier molecular flexibility index (Phi) is 3.55. The fraction of sp³-hybridized carbons (Fsp3) is 0.312. The lowest BCUT2D eigenvalue weighted by Gasteiger charge is -2.27. The molecule has 0 saturated carbocycles. The van der Waals surface area contributed by atoms with Crippen LogP contribution in [0.3, 0.4) is 0 Å². The third-order valence-electron chi connectivity index (χ3n) is 3.99. The third-order valence-corrected chi connectivity index (χ3v) is 3.99. The molecule has 0 N–H and O–H groups in total. The van der Waals surface area contributed by atoms with Gasteiger partial charge in [-0.2, -0.15) is 5.10 Å². The van der Waals surface area contributed by atoms with Crippen molar-refractivity contribution in [3.8, 4) is 11.4 Å². The average Bonchev–Trinajstić information content (AvgIpc) is 3.00. The minimum atomic E-state index is 0.697. The first-order chi connectivity index (χ1) is 11.3. The van der Waals surface area contributed by atoms with Gasteiger partial charge in [0.25, 0.3) is 0 Å². The monoisotopic (exact) mass is 307 g/mol. The fourth-order valence-corrected chi connectivity index (χ4v) is 2.84. The second-order valence-corrected chi connectivity index (χ2v) is 5.73. The minimum Gasteiger partial charge on any atom is -0.293 e. The van der Waals surface area contributed by atoms with Crippen molar-refractivity contribution < 1.29 is 0 Å². The Balaban J connectivity index is 1.52. The second-order valence-electron chi connectivity index (χ2n) is 5.73. The molecular weight excluding hydrogens is 290 g/mol. The third kappa shape index (κ3) is 2.95. The van der Waals surface area contributed by atoms with E-state index in [9.17, 15) is 0 Å². The van der Waals surface area contributed by atoms with Crippen molar-refractivity contribution in [1.82, 2.24) is 34.6 Å². The van der Waals surface area contributed by atoms with E-state index >= 15 is 0 Å². The summed E-state index contributed by atoms with van der Waals surface area (Å²) in [6, 6.07) is 2.06. The zero-order chi connectivity index (χ0) is 15.6. The summed E-state index contributed by atoms with van der Waals surface area (Å²) >= 11 is 0. The summed E-state index contributed by atoms with van der Waals surface area (Å²) in [5, 5.41) is 4.44. The van der Waals surface area contributed by atoms with E-state index in [0.29, 0.717) is 5.82 Å². The Morgan fingerprint density at radius 1 is 1.17 bits per heavy atom. The van der Waals surface area contributed by atoms with Crippen molar-refractivity contribution >= 4 is 0 Å². The first-order valence-electron chi connectivity index (χ1n) is 7.59. The molecule has 0 atom stereocenters. The van der Waals surface area contributed by atoms with Crippen LogP contribution in [-0.2, 0) is 26.6 Å². The molecule has 7 heteroatoms. The highest BCUT2D eigenvalue weighted by molar-refractivity contribution is 5.52. The molecule has 0 bridgehead atoms. The largest absolute Gasteiger partial charge is 0.293 e. The molecule has 0 aromatic carbocycles. The molecule has 0 amide bonds. The highest BCUT2D eigenvalue weighted by Gasteiger charge is 2.19. The van der Waals surface area contributed by atoms with Gasteiger partial charge in [-0.3, -0.25) is 9.58 Å². The van der Waals surface area contributed by atoms with Gasteiger partial charge in [0.1, 0.15) is 6.33 Å². The van der Waals surface area contributed by atoms with Crippen LogP contribution in [0.2, 0.25) is 0 Å². The molecule has 4 heterocycles. The van der Waals surface area contributed by atoms with Crippen molar-refractivity contribution in [2.24, 2.45) is 7.05 Å². The van der Waals surface area contributed by atoms with Gasteiger partial charge in [0.2, 0.25) is 0 Å². The Labute approximate surface area is 134 Å². The molecule has 3 aromatic heterocycles. The van der Waals surface area contributed by atoms with Crippen LogP contribution in [0.4, 0.5) is 0 Å². The maximum absolute atomic E-state index is 4.69. The Morgan fingerprint density at radius 3 is 2.83 bits per heavy atom. The predicted octanol–water partition coefficient (Wildman–Crippen LogP) is 1.23. The molecule has 0 saturated heterocycles. The van der Waals surface area contributed by atoms with E-state index in [0.717, 1.165) is 43.0 Å². The van der Waals surface area contributed by atoms with Gasteiger partial charge in [0, 0.05) is 63.5 Å². The number of nitrogens with zero attached hydrogens (tertiary/aromatic N) is 7. The molecular formula is C16H17N7. The summed E-state index contributed by atoms with van der Waals surface area (Å²) in [5.41, 5.74) is 4.25. The van der Waals surface area contributed by atoms with Gasteiger partial charge in [0.05, 0.1) is 17.0 Å². The molecule has 23 heavy (non-hydrogen) atoms. The van der Waals surface area contributed by atoms with E-state index in [1.807, 2.05) is 24.1 Å². The average molecular weight is 307 g/mol. The first-order valence-corrected chi connectivity index (χ1v) is 7.59. The van der Waals surface area contributed by atoms with Gasteiger partial charge in [-0.05, 0) is 6.07 Å². The predicted molar refractivity (Wildman–Crippen MR) is 84.1 cm³/mol. The van der Waals surface area contributed by atoms with Crippen molar-refractivity contribution in [3.63, 3.8) is 0 Å². The summed E-state index contributed by atoms with van der Waals surface area (Å²) in [5.74, 6) is 0.697. The van der Waals surface area contributed by atoms with E-state index in [1.165, 1.54) is 11.9 Å². The van der Waals surface area contributed by atoms with Gasteiger partial charge in [-0.1, -0.05) is 0 Å². The maximum atomic E-state index is 4.69. The van der Waals surface area contributed by atoms with Gasteiger partial charge in [-0.15, -0.1) is 0 Å². The molecule has 1 aliphatic rings. The van der Waals surface area contributed by atoms with Gasteiger partial charge in [0.15, 0.2) is 5.82 Å². The molecule has 0 spiro atoms. The standard InChI is InChI=1S/C16H17N7/c1-22-4-2-14(21-22)10-23-5-3-15-13(9-23)8-19-16(20-15)12-6-17-11-18-7-12/h2,4,6-8,11H,3,5,9-10H2,1H3. The number of aromatic nitrogens is 6. The van der Waals surface area contributed by atoms with E-state index in [1.54, 1.807) is 12.4 Å². The fourth-order valence-electron chi connectivity index (χ4n) is 2.84. The van der Waals surface area contributed by atoms with Crippen LogP contribution in [-0.4, -0.2) is 41.2 Å². The van der Waals surface area contributed by atoms with Crippen LogP contribution in [0.1, 0.15) is 17.0 Å². The van der Waals surface area contributed by atoms with E-state index in [4.69, 9.17) is 4.98 Å². The smallest absolute Gasteiger partial charge is 0.162 e. The lowest BCUT2D eigenvalue weighted by Crippen LogP contribution is -2.31. The van der Waals surface area contributed by atoms with Crippen molar-refractivity contribution in [1.29, 1.82) is 0 Å². The molecule has 3 aromatic rings. The molecule has 1 aliphatic heterocycles. The van der Waals surface area contributed by atoms with Crippen molar-refractivity contribution in [3.05, 3.63) is 54.1 Å². The summed E-state index contributed by atoms with van der Waals surface area (Å²) in [6.45, 7) is 2.69. The van der Waals surface area contributed by atoms with E-state index < -0.39 is 0 Å². The molecule has 0 fully saturated rings. The lowest BCUT2D eigenvalue weighted by atomic mass is 10.1. The maximum Gasteiger partial charge on any atom is 0.162 e. The van der Waals surface area contributed by atoms with Crippen LogP contribution in [0.15, 0.2) is 37.2 Å². The number of aryl methyl sites for hydroxylation is 1. The highest BCUT2D eigenvalue weighted by atomic mass is 15.3. The molecule has 0 radical (unpaired) electrons. The minimum absolute atomic E-state index is 0.697. The molecule has 0 unspecified atom stereocenters. The summed E-state index contributed by atoms with van der Waals surface area (Å²) in [4.78, 5) is 19.6. The first kappa shape index (κ1) is 14.0. The highest BCUT2D eigenvalue weighted by Crippen LogP contribution is 2.21. The zero-order valence-corrected chi connectivity index (χ0v) is 12.9. The van der Waals surface area contributed by atoms with Crippen LogP contribution in [0, 0.1) is 0 Å². The summed E-state index contributed by atoms with van der Waals surface area (Å²) < 4.78 is 1.84. The van der Waals surface area contributed by atoms with Gasteiger partial charge < -0.3 is 0 Å². The Hall–Kier alpha value is -2.67. The van der Waals surface area contributed by atoms with Crippen molar-refractivity contribution in [2.45, 2.75) is 19.5 Å². The zero-order valence-electron chi connectivity index (χ0n) is 12.9. The number of hydrogen-bond acceptors (Lipinski definition) is 6. The van der Waals surface area contributed by atoms with Crippen LogP contribution in [0.5, 0.6) is 0 Å². The van der Waals surface area contributed by atoms with Crippen LogP contribution < -0.4 is 0 Å². The second kappa shape index (κ2) is 5.85. The quantitative estimate of drug-likeness (QED) is 0.724.